The standard InChI is InChI=1S/C7H10F2N4/c8-7(9)6-4(12)1-3(11)5(2-10)13-6/h1,7H,2,10-12H2. The normalized spacial score (nSPS) is 10.8. The van der Waals surface area contributed by atoms with Gasteiger partial charge in [-0.2, -0.15) is 0 Å². The Labute approximate surface area is 73.7 Å². The molecule has 4 nitrogen and oxygen atoms in total. The average Bonchev–Trinajstić information content (AvgIpc) is 2.03. The van der Waals surface area contributed by atoms with Crippen LogP contribution in [0.3, 0.4) is 0 Å². The van der Waals surface area contributed by atoms with E-state index in [1.807, 2.05) is 0 Å². The van der Waals surface area contributed by atoms with Crippen molar-refractivity contribution in [1.29, 1.82) is 0 Å². The van der Waals surface area contributed by atoms with Crippen LogP contribution in [0.15, 0.2) is 6.07 Å². The first kappa shape index (κ1) is 9.66. The second kappa shape index (κ2) is 3.53. The van der Waals surface area contributed by atoms with E-state index in [0.29, 0.717) is 0 Å². The summed E-state index contributed by atoms with van der Waals surface area (Å²) in [5.74, 6) is 0. The number of hydrogen-bond acceptors (Lipinski definition) is 4. The molecule has 0 aliphatic heterocycles. The van der Waals surface area contributed by atoms with Gasteiger partial charge in [0.15, 0.2) is 0 Å². The topological polar surface area (TPSA) is 90.9 Å². The predicted molar refractivity (Wildman–Crippen MR) is 45.9 cm³/mol. The molecule has 0 fully saturated rings. The third-order valence-electron chi connectivity index (χ3n) is 1.60. The van der Waals surface area contributed by atoms with E-state index in [1.54, 1.807) is 0 Å². The van der Waals surface area contributed by atoms with Crippen LogP contribution in [0.2, 0.25) is 0 Å². The maximum Gasteiger partial charge on any atom is 0.282 e. The summed E-state index contributed by atoms with van der Waals surface area (Å²) in [6.45, 7) is 0.0197. The SMILES string of the molecule is NCc1nc(C(F)F)c(N)cc1N. The largest absolute Gasteiger partial charge is 0.397 e. The molecular formula is C7H10F2N4. The number of nitrogens with two attached hydrogens (primary N) is 3. The molecule has 6 heteroatoms. The molecule has 0 aliphatic carbocycles. The van der Waals surface area contributed by atoms with Crippen LogP contribution in [-0.4, -0.2) is 4.98 Å². The minimum atomic E-state index is -2.70. The lowest BCUT2D eigenvalue weighted by Gasteiger charge is -2.08. The molecule has 0 saturated carbocycles. The molecule has 0 unspecified atom stereocenters. The fourth-order valence-electron chi connectivity index (χ4n) is 0.938. The Hall–Kier alpha value is -1.43. The molecular weight excluding hydrogens is 178 g/mol. The Morgan fingerprint density at radius 2 is 1.92 bits per heavy atom. The molecule has 0 aliphatic rings. The number of halogens is 2. The molecule has 1 heterocycles. The summed E-state index contributed by atoms with van der Waals surface area (Å²) in [6.07, 6.45) is -2.70. The van der Waals surface area contributed by atoms with E-state index in [1.165, 1.54) is 6.07 Å². The molecule has 1 rings (SSSR count). The highest BCUT2D eigenvalue weighted by Gasteiger charge is 2.15. The number of aromatic nitrogens is 1. The van der Waals surface area contributed by atoms with E-state index in [-0.39, 0.29) is 23.6 Å². The first-order valence-electron chi connectivity index (χ1n) is 3.59. The highest BCUT2D eigenvalue weighted by Crippen LogP contribution is 2.25. The number of anilines is 2. The van der Waals surface area contributed by atoms with Crippen molar-refractivity contribution < 1.29 is 8.78 Å². The van der Waals surface area contributed by atoms with Gasteiger partial charge < -0.3 is 17.2 Å². The highest BCUT2D eigenvalue weighted by atomic mass is 19.3. The van der Waals surface area contributed by atoms with Gasteiger partial charge in [0.2, 0.25) is 0 Å². The number of pyridine rings is 1. The van der Waals surface area contributed by atoms with Gasteiger partial charge in [-0.3, -0.25) is 0 Å². The van der Waals surface area contributed by atoms with Gasteiger partial charge >= 0.3 is 0 Å². The first-order valence-corrected chi connectivity index (χ1v) is 3.59. The number of alkyl halides is 2. The summed E-state index contributed by atoms with van der Waals surface area (Å²) in [6, 6.07) is 1.25. The Bertz CT molecular complexity index is 314. The van der Waals surface area contributed by atoms with E-state index in [4.69, 9.17) is 17.2 Å². The maximum atomic E-state index is 12.3. The number of nitrogen functional groups attached to an aromatic ring is 2. The zero-order valence-corrected chi connectivity index (χ0v) is 6.80. The van der Waals surface area contributed by atoms with Crippen molar-refractivity contribution >= 4 is 11.4 Å². The summed E-state index contributed by atoms with van der Waals surface area (Å²) >= 11 is 0. The maximum absolute atomic E-state index is 12.3. The lowest BCUT2D eigenvalue weighted by Crippen LogP contribution is -2.09. The number of hydrogen-bond donors (Lipinski definition) is 3. The van der Waals surface area contributed by atoms with Crippen LogP contribution in [0.1, 0.15) is 17.8 Å². The lowest BCUT2D eigenvalue weighted by molar-refractivity contribution is 0.147. The zero-order valence-electron chi connectivity index (χ0n) is 6.80. The first-order chi connectivity index (χ1) is 6.06. The van der Waals surface area contributed by atoms with E-state index in [2.05, 4.69) is 4.98 Å². The highest BCUT2D eigenvalue weighted by molar-refractivity contribution is 5.56. The van der Waals surface area contributed by atoms with Crippen molar-refractivity contribution in [2.75, 3.05) is 11.5 Å². The Morgan fingerprint density at radius 1 is 1.31 bits per heavy atom. The van der Waals surface area contributed by atoms with Crippen LogP contribution >= 0.6 is 0 Å². The second-order valence-electron chi connectivity index (χ2n) is 2.50. The van der Waals surface area contributed by atoms with Gasteiger partial charge in [-0.1, -0.05) is 0 Å². The predicted octanol–water partition coefficient (Wildman–Crippen LogP) is 0.642. The van der Waals surface area contributed by atoms with E-state index >= 15 is 0 Å². The van der Waals surface area contributed by atoms with Crippen molar-refractivity contribution in [3.8, 4) is 0 Å². The summed E-state index contributed by atoms with van der Waals surface area (Å²) in [4.78, 5) is 3.56. The van der Waals surface area contributed by atoms with E-state index < -0.39 is 12.1 Å². The molecule has 0 radical (unpaired) electrons. The zero-order chi connectivity index (χ0) is 10.0. The van der Waals surface area contributed by atoms with Gasteiger partial charge in [-0.15, -0.1) is 0 Å². The molecule has 0 saturated heterocycles. The average molecular weight is 188 g/mol. The third-order valence-corrected chi connectivity index (χ3v) is 1.60. The Kier molecular flexibility index (Phi) is 2.62. The van der Waals surface area contributed by atoms with Crippen molar-refractivity contribution in [3.05, 3.63) is 17.5 Å². The molecule has 13 heavy (non-hydrogen) atoms. The molecule has 1 aromatic heterocycles. The quantitative estimate of drug-likeness (QED) is 0.635. The van der Waals surface area contributed by atoms with Crippen LogP contribution in [0.25, 0.3) is 0 Å². The van der Waals surface area contributed by atoms with Gasteiger partial charge in [-0.05, 0) is 6.07 Å². The Balaban J connectivity index is 3.22. The van der Waals surface area contributed by atoms with Crippen LogP contribution in [0.5, 0.6) is 0 Å². The van der Waals surface area contributed by atoms with Gasteiger partial charge in [0.1, 0.15) is 5.69 Å². The smallest absolute Gasteiger partial charge is 0.282 e. The summed E-state index contributed by atoms with van der Waals surface area (Å²) < 4.78 is 24.5. The van der Waals surface area contributed by atoms with Crippen LogP contribution < -0.4 is 17.2 Å². The summed E-state index contributed by atoms with van der Waals surface area (Å²) in [5, 5.41) is 0. The lowest BCUT2D eigenvalue weighted by atomic mass is 10.2. The fraction of sp³-hybridized carbons (Fsp3) is 0.286. The molecule has 0 aromatic carbocycles. The van der Waals surface area contributed by atoms with Crippen molar-refractivity contribution in [1.82, 2.24) is 4.98 Å². The van der Waals surface area contributed by atoms with Gasteiger partial charge in [0.25, 0.3) is 6.43 Å². The molecule has 0 bridgehead atoms. The van der Waals surface area contributed by atoms with Crippen LogP contribution in [-0.2, 0) is 6.54 Å². The number of nitrogens with zero attached hydrogens (tertiary/aromatic N) is 1. The number of rotatable bonds is 2. The molecule has 0 spiro atoms. The third kappa shape index (κ3) is 1.83. The van der Waals surface area contributed by atoms with Crippen molar-refractivity contribution in [2.45, 2.75) is 13.0 Å². The minimum absolute atomic E-state index is 0.0197. The van der Waals surface area contributed by atoms with Crippen molar-refractivity contribution in [3.63, 3.8) is 0 Å². The van der Waals surface area contributed by atoms with Gasteiger partial charge in [0, 0.05) is 6.54 Å². The molecule has 72 valence electrons. The van der Waals surface area contributed by atoms with E-state index in [0.717, 1.165) is 0 Å². The second-order valence-corrected chi connectivity index (χ2v) is 2.50. The van der Waals surface area contributed by atoms with Gasteiger partial charge in [0.05, 0.1) is 17.1 Å². The fourth-order valence-corrected chi connectivity index (χ4v) is 0.938. The monoisotopic (exact) mass is 188 g/mol. The van der Waals surface area contributed by atoms with Crippen LogP contribution in [0.4, 0.5) is 20.2 Å². The van der Waals surface area contributed by atoms with Gasteiger partial charge in [-0.25, -0.2) is 13.8 Å². The van der Waals surface area contributed by atoms with E-state index in [9.17, 15) is 8.78 Å². The molecule has 6 N–H and O–H groups in total. The summed E-state index contributed by atoms with van der Waals surface area (Å²) in [5.41, 5.74) is 15.9. The minimum Gasteiger partial charge on any atom is -0.397 e. The van der Waals surface area contributed by atoms with Crippen molar-refractivity contribution in [2.24, 2.45) is 5.73 Å². The van der Waals surface area contributed by atoms with Crippen LogP contribution in [0, 0.1) is 0 Å². The Morgan fingerprint density at radius 3 is 2.38 bits per heavy atom. The molecule has 0 atom stereocenters. The molecule has 0 amide bonds. The molecule has 1 aromatic rings. The summed E-state index contributed by atoms with van der Waals surface area (Å²) in [7, 11) is 0.